The van der Waals surface area contributed by atoms with Gasteiger partial charge in [-0.1, -0.05) is 122 Å². The zero-order valence-corrected chi connectivity index (χ0v) is 18.0. The van der Waals surface area contributed by atoms with Crippen LogP contribution in [0.15, 0.2) is 18.2 Å². The Morgan fingerprint density at radius 3 is 1.58 bits per heavy atom. The third kappa shape index (κ3) is 12.6. The predicted molar refractivity (Wildman–Crippen MR) is 118 cm³/mol. The third-order valence-corrected chi connectivity index (χ3v) is 5.62. The summed E-state index contributed by atoms with van der Waals surface area (Å²) in [6.45, 7) is 4.59. The molecule has 26 heavy (non-hydrogen) atoms. The monoisotopic (exact) mass is 357 g/mol. The van der Waals surface area contributed by atoms with Gasteiger partial charge in [-0.25, -0.2) is 0 Å². The van der Waals surface area contributed by atoms with Crippen LogP contribution < -0.4 is 0 Å². The maximum atomic E-state index is 3.53. The van der Waals surface area contributed by atoms with Gasteiger partial charge in [0.15, 0.2) is 0 Å². The van der Waals surface area contributed by atoms with Gasteiger partial charge in [-0.2, -0.15) is 0 Å². The molecule has 149 valence electrons. The zero-order chi connectivity index (χ0) is 18.7. The first-order valence-electron chi connectivity index (χ1n) is 11.9. The molecule has 1 radical (unpaired) electrons. The zero-order valence-electron chi connectivity index (χ0n) is 18.0. The van der Waals surface area contributed by atoms with E-state index in [1.165, 1.54) is 121 Å². The van der Waals surface area contributed by atoms with Crippen LogP contribution in [-0.4, -0.2) is 0 Å². The van der Waals surface area contributed by atoms with Gasteiger partial charge < -0.3 is 0 Å². The van der Waals surface area contributed by atoms with Gasteiger partial charge in [0.25, 0.3) is 0 Å². The first kappa shape index (κ1) is 23.3. The van der Waals surface area contributed by atoms with Crippen molar-refractivity contribution < 1.29 is 0 Å². The molecule has 0 bridgehead atoms. The van der Waals surface area contributed by atoms with Gasteiger partial charge in [0.1, 0.15) is 0 Å². The molecule has 0 aliphatic carbocycles. The lowest BCUT2D eigenvalue weighted by molar-refractivity contribution is 0.570. The Balaban J connectivity index is 2.10. The topological polar surface area (TPSA) is 0 Å². The first-order valence-corrected chi connectivity index (χ1v) is 11.9. The number of hydrogen-bond donors (Lipinski definition) is 0. The lowest BCUT2D eigenvalue weighted by Gasteiger charge is -2.09. The van der Waals surface area contributed by atoms with Gasteiger partial charge in [-0.05, 0) is 42.9 Å². The van der Waals surface area contributed by atoms with E-state index in [0.29, 0.717) is 0 Å². The van der Waals surface area contributed by atoms with Crippen molar-refractivity contribution in [2.45, 2.75) is 129 Å². The molecule has 0 spiro atoms. The molecule has 0 amide bonds. The van der Waals surface area contributed by atoms with E-state index < -0.39 is 0 Å². The second kappa shape index (κ2) is 17.6. The van der Waals surface area contributed by atoms with Crippen molar-refractivity contribution in [3.05, 3.63) is 35.4 Å². The smallest absolute Gasteiger partial charge is 0.0146 e. The Kier molecular flexibility index (Phi) is 15.8. The molecule has 1 aromatic carbocycles. The maximum absolute atomic E-state index is 3.53. The van der Waals surface area contributed by atoms with Crippen molar-refractivity contribution in [1.82, 2.24) is 0 Å². The molecular weight excluding hydrogens is 312 g/mol. The minimum atomic E-state index is 1.24. The fraction of sp³-hybridized carbons (Fsp3) is 0.769. The molecule has 0 aromatic heterocycles. The van der Waals surface area contributed by atoms with E-state index in [0.717, 1.165) is 0 Å². The largest absolute Gasteiger partial charge is 0.0654 e. The van der Waals surface area contributed by atoms with E-state index in [2.05, 4.69) is 38.1 Å². The molecular formula is C26H45. The highest BCUT2D eigenvalue weighted by Gasteiger charge is 2.02. The normalized spacial score (nSPS) is 11.2. The average molecular weight is 358 g/mol. The third-order valence-electron chi connectivity index (χ3n) is 5.62. The summed E-state index contributed by atoms with van der Waals surface area (Å²) >= 11 is 0. The summed E-state index contributed by atoms with van der Waals surface area (Å²) in [5.74, 6) is 0. The number of benzene rings is 1. The lowest BCUT2D eigenvalue weighted by Crippen LogP contribution is -1.96. The summed E-state index contributed by atoms with van der Waals surface area (Å²) in [7, 11) is 0. The van der Waals surface area contributed by atoms with Crippen molar-refractivity contribution in [3.63, 3.8) is 0 Å². The van der Waals surface area contributed by atoms with Gasteiger partial charge in [0.05, 0.1) is 0 Å². The van der Waals surface area contributed by atoms with Crippen molar-refractivity contribution in [2.75, 3.05) is 0 Å². The van der Waals surface area contributed by atoms with Crippen molar-refractivity contribution >= 4 is 0 Å². The molecule has 0 aliphatic heterocycles. The molecule has 0 atom stereocenters. The average Bonchev–Trinajstić information content (AvgIpc) is 2.67. The van der Waals surface area contributed by atoms with Crippen LogP contribution in [0.1, 0.15) is 128 Å². The van der Waals surface area contributed by atoms with Crippen LogP contribution in [0.2, 0.25) is 0 Å². The van der Waals surface area contributed by atoms with Crippen LogP contribution >= 0.6 is 0 Å². The van der Waals surface area contributed by atoms with Gasteiger partial charge >= 0.3 is 0 Å². The Labute approximate surface area is 165 Å². The summed E-state index contributed by atoms with van der Waals surface area (Å²) in [4.78, 5) is 0. The Morgan fingerprint density at radius 2 is 1.04 bits per heavy atom. The number of hydrogen-bond acceptors (Lipinski definition) is 0. The van der Waals surface area contributed by atoms with Crippen LogP contribution in [0.5, 0.6) is 0 Å². The van der Waals surface area contributed by atoms with Crippen LogP contribution in [0, 0.1) is 6.07 Å². The Morgan fingerprint density at radius 1 is 0.577 bits per heavy atom. The van der Waals surface area contributed by atoms with Crippen molar-refractivity contribution in [1.29, 1.82) is 0 Å². The second-order valence-electron chi connectivity index (χ2n) is 8.12. The standard InChI is InChI=1S/C26H45/c1-3-5-7-9-11-13-15-17-21-25-23-19-20-24-26(25)22-18-16-14-12-10-8-6-4-2/h19-20,23H,3-18,21-22H2,1-2H3. The molecule has 0 saturated carbocycles. The quantitative estimate of drug-likeness (QED) is 0.230. The van der Waals surface area contributed by atoms with E-state index in [4.69, 9.17) is 0 Å². The maximum Gasteiger partial charge on any atom is -0.0146 e. The molecule has 0 saturated heterocycles. The predicted octanol–water partition coefficient (Wildman–Crippen LogP) is 8.85. The van der Waals surface area contributed by atoms with E-state index in [-0.39, 0.29) is 0 Å². The number of unbranched alkanes of at least 4 members (excludes halogenated alkanes) is 14. The molecule has 0 heteroatoms. The Hall–Kier alpha value is -0.780. The highest BCUT2D eigenvalue weighted by molar-refractivity contribution is 5.26. The number of aryl methyl sites for hydroxylation is 2. The fourth-order valence-corrected chi connectivity index (χ4v) is 3.86. The van der Waals surface area contributed by atoms with Crippen molar-refractivity contribution in [3.8, 4) is 0 Å². The Bertz CT molecular complexity index is 367. The molecule has 1 rings (SSSR count). The summed E-state index contributed by atoms with van der Waals surface area (Å²) in [5, 5.41) is 0. The minimum Gasteiger partial charge on any atom is -0.0654 e. The van der Waals surface area contributed by atoms with E-state index >= 15 is 0 Å². The summed E-state index contributed by atoms with van der Waals surface area (Å²) in [5.41, 5.74) is 3.07. The molecule has 0 N–H and O–H groups in total. The fourth-order valence-electron chi connectivity index (χ4n) is 3.86. The van der Waals surface area contributed by atoms with Gasteiger partial charge in [0.2, 0.25) is 0 Å². The van der Waals surface area contributed by atoms with Gasteiger partial charge in [-0.15, -0.1) is 0 Å². The van der Waals surface area contributed by atoms with Crippen LogP contribution in [-0.2, 0) is 12.8 Å². The molecule has 1 aromatic rings. The van der Waals surface area contributed by atoms with E-state index in [9.17, 15) is 0 Å². The van der Waals surface area contributed by atoms with Crippen LogP contribution in [0.25, 0.3) is 0 Å². The molecule has 0 nitrogen and oxygen atoms in total. The van der Waals surface area contributed by atoms with E-state index in [1.54, 1.807) is 5.56 Å². The van der Waals surface area contributed by atoms with E-state index in [1.807, 2.05) is 0 Å². The highest BCUT2D eigenvalue weighted by atomic mass is 14.1. The molecule has 0 heterocycles. The van der Waals surface area contributed by atoms with Gasteiger partial charge in [0, 0.05) is 0 Å². The van der Waals surface area contributed by atoms with Crippen LogP contribution in [0.3, 0.4) is 0 Å². The SMILES string of the molecule is CCCCCCCCCCc1[c]cccc1CCCCCCCCCC. The second-order valence-corrected chi connectivity index (χ2v) is 8.12. The van der Waals surface area contributed by atoms with Crippen LogP contribution in [0.4, 0.5) is 0 Å². The lowest BCUT2D eigenvalue weighted by atomic mass is 9.96. The van der Waals surface area contributed by atoms with Crippen molar-refractivity contribution in [2.24, 2.45) is 0 Å². The highest BCUT2D eigenvalue weighted by Crippen LogP contribution is 2.17. The first-order chi connectivity index (χ1) is 12.9. The summed E-state index contributed by atoms with van der Waals surface area (Å²) in [6.07, 6.45) is 25.0. The number of rotatable bonds is 18. The van der Waals surface area contributed by atoms with Gasteiger partial charge in [-0.3, -0.25) is 0 Å². The molecule has 0 fully saturated rings. The summed E-state index contributed by atoms with van der Waals surface area (Å²) in [6, 6.07) is 10.2. The summed E-state index contributed by atoms with van der Waals surface area (Å²) < 4.78 is 0. The molecule has 0 unspecified atom stereocenters. The molecule has 0 aliphatic rings. The minimum absolute atomic E-state index is 1.24.